The number of H-pyrrole nitrogens is 1. The highest BCUT2D eigenvalue weighted by atomic mass is 32.1. The number of hydrogen-bond acceptors (Lipinski definition) is 1. The molecule has 0 saturated heterocycles. The highest BCUT2D eigenvalue weighted by Crippen LogP contribution is 2.47. The van der Waals surface area contributed by atoms with Crippen molar-refractivity contribution in [1.29, 1.82) is 0 Å². The second kappa shape index (κ2) is 8.57. The molecular formula is C40H24N2S. The fourth-order valence-electron chi connectivity index (χ4n) is 7.24. The molecule has 0 aliphatic heterocycles. The molecule has 10 aromatic rings. The first-order chi connectivity index (χ1) is 21.3. The smallest absolute Gasteiger partial charge is 0.0565 e. The van der Waals surface area contributed by atoms with Gasteiger partial charge in [-0.15, -0.1) is 11.3 Å². The van der Waals surface area contributed by atoms with Gasteiger partial charge in [0.15, 0.2) is 0 Å². The van der Waals surface area contributed by atoms with Crippen molar-refractivity contribution in [2.75, 3.05) is 0 Å². The molecule has 3 aromatic heterocycles. The third kappa shape index (κ3) is 3.17. The van der Waals surface area contributed by atoms with Crippen molar-refractivity contribution < 1.29 is 0 Å². The van der Waals surface area contributed by atoms with Gasteiger partial charge in [-0.25, -0.2) is 0 Å². The lowest BCUT2D eigenvalue weighted by Gasteiger charge is -2.10. The first-order valence-corrected chi connectivity index (χ1v) is 15.5. The van der Waals surface area contributed by atoms with Gasteiger partial charge in [-0.05, 0) is 52.9 Å². The summed E-state index contributed by atoms with van der Waals surface area (Å²) in [7, 11) is 0. The van der Waals surface area contributed by atoms with E-state index in [2.05, 4.69) is 149 Å². The summed E-state index contributed by atoms with van der Waals surface area (Å²) in [5.74, 6) is 0. The Morgan fingerprint density at radius 2 is 1.19 bits per heavy atom. The fraction of sp³-hybridized carbons (Fsp3) is 0. The van der Waals surface area contributed by atoms with Crippen LogP contribution in [0.25, 0.3) is 91.4 Å². The monoisotopic (exact) mass is 564 g/mol. The standard InChI is InChI=1S/C40H24N2S/c1-2-11-24(12-3-1)25-13-10-14-26(21-25)42-34-20-9-7-15-27(34)31-22-32-36(23-35(31)42)43-40-29-17-5-4-16-28(29)37-30-18-6-8-19-33(30)41-39(37)38(32)40/h1-23,41H. The molecule has 2 nitrogen and oxygen atoms in total. The number of benzene rings is 7. The number of aromatic amines is 1. The van der Waals surface area contributed by atoms with Crippen LogP contribution in [0.1, 0.15) is 0 Å². The number of rotatable bonds is 2. The highest BCUT2D eigenvalue weighted by Gasteiger charge is 2.20. The van der Waals surface area contributed by atoms with Gasteiger partial charge in [0.2, 0.25) is 0 Å². The van der Waals surface area contributed by atoms with Crippen molar-refractivity contribution in [2.45, 2.75) is 0 Å². The van der Waals surface area contributed by atoms with Gasteiger partial charge < -0.3 is 9.55 Å². The number of hydrogen-bond donors (Lipinski definition) is 1. The normalized spacial score (nSPS) is 12.2. The second-order valence-electron chi connectivity index (χ2n) is 11.4. The van der Waals surface area contributed by atoms with Crippen LogP contribution in [0, 0.1) is 0 Å². The van der Waals surface area contributed by atoms with E-state index < -0.39 is 0 Å². The predicted molar refractivity (Wildman–Crippen MR) is 186 cm³/mol. The number of nitrogens with zero attached hydrogens (tertiary/aromatic N) is 1. The summed E-state index contributed by atoms with van der Waals surface area (Å²) in [6.07, 6.45) is 0. The van der Waals surface area contributed by atoms with E-state index >= 15 is 0 Å². The molecule has 1 N–H and O–H groups in total. The molecule has 0 bridgehead atoms. The zero-order chi connectivity index (χ0) is 28.1. The molecule has 7 aromatic carbocycles. The summed E-state index contributed by atoms with van der Waals surface area (Å²) in [6.45, 7) is 0. The number of para-hydroxylation sites is 2. The van der Waals surface area contributed by atoms with Gasteiger partial charge in [-0.2, -0.15) is 0 Å². The van der Waals surface area contributed by atoms with Crippen LogP contribution in [-0.2, 0) is 0 Å². The summed E-state index contributed by atoms with van der Waals surface area (Å²) >= 11 is 1.91. The van der Waals surface area contributed by atoms with Gasteiger partial charge >= 0.3 is 0 Å². The lowest BCUT2D eigenvalue weighted by molar-refractivity contribution is 1.18. The molecule has 200 valence electrons. The highest BCUT2D eigenvalue weighted by molar-refractivity contribution is 7.27. The third-order valence-corrected chi connectivity index (χ3v) is 10.3. The Morgan fingerprint density at radius 3 is 2.07 bits per heavy atom. The van der Waals surface area contributed by atoms with Crippen molar-refractivity contribution >= 4 is 85.9 Å². The van der Waals surface area contributed by atoms with Crippen LogP contribution in [-0.4, -0.2) is 9.55 Å². The van der Waals surface area contributed by atoms with Crippen LogP contribution in [0.5, 0.6) is 0 Å². The Labute approximate surface area is 251 Å². The topological polar surface area (TPSA) is 20.7 Å². The molecule has 0 amide bonds. The van der Waals surface area contributed by atoms with Crippen molar-refractivity contribution in [3.63, 3.8) is 0 Å². The van der Waals surface area contributed by atoms with E-state index in [0.717, 1.165) is 0 Å². The SMILES string of the molecule is c1ccc(-c2cccc(-n3c4ccccc4c4cc5c(cc43)sc3c4ccccc4c4c6ccccc6[nH]c4c53)c2)cc1. The average molecular weight is 565 g/mol. The van der Waals surface area contributed by atoms with E-state index in [0.29, 0.717) is 0 Å². The van der Waals surface area contributed by atoms with Crippen LogP contribution >= 0.6 is 11.3 Å². The van der Waals surface area contributed by atoms with E-state index in [-0.39, 0.29) is 0 Å². The molecule has 0 unspecified atom stereocenters. The largest absolute Gasteiger partial charge is 0.354 e. The molecular weight excluding hydrogens is 541 g/mol. The maximum atomic E-state index is 3.83. The van der Waals surface area contributed by atoms with Gasteiger partial charge in [0, 0.05) is 58.3 Å². The molecule has 0 aliphatic rings. The van der Waals surface area contributed by atoms with Gasteiger partial charge in [0.05, 0.1) is 16.6 Å². The summed E-state index contributed by atoms with van der Waals surface area (Å²) in [5, 5.41) is 10.4. The van der Waals surface area contributed by atoms with E-state index in [1.54, 1.807) is 0 Å². The van der Waals surface area contributed by atoms with Crippen molar-refractivity contribution in [1.82, 2.24) is 9.55 Å². The summed E-state index contributed by atoms with van der Waals surface area (Å²) < 4.78 is 5.10. The lowest BCUT2D eigenvalue weighted by atomic mass is 9.99. The predicted octanol–water partition coefficient (Wildman–Crippen LogP) is 11.6. The van der Waals surface area contributed by atoms with Crippen LogP contribution in [0.2, 0.25) is 0 Å². The molecule has 43 heavy (non-hydrogen) atoms. The van der Waals surface area contributed by atoms with E-state index in [1.165, 1.54) is 91.4 Å². The second-order valence-corrected chi connectivity index (χ2v) is 12.5. The van der Waals surface area contributed by atoms with Crippen molar-refractivity contribution in [2.24, 2.45) is 0 Å². The minimum atomic E-state index is 1.18. The number of fused-ring (bicyclic) bond motifs is 13. The Morgan fingerprint density at radius 1 is 0.465 bits per heavy atom. The van der Waals surface area contributed by atoms with E-state index in [9.17, 15) is 0 Å². The van der Waals surface area contributed by atoms with Gasteiger partial charge in [-0.1, -0.05) is 103 Å². The first kappa shape index (κ1) is 23.2. The van der Waals surface area contributed by atoms with Crippen molar-refractivity contribution in [3.8, 4) is 16.8 Å². The summed E-state index contributed by atoms with van der Waals surface area (Å²) in [4.78, 5) is 3.83. The van der Waals surface area contributed by atoms with Crippen LogP contribution in [0.4, 0.5) is 0 Å². The zero-order valence-corrected chi connectivity index (χ0v) is 24.0. The van der Waals surface area contributed by atoms with Gasteiger partial charge in [0.25, 0.3) is 0 Å². The third-order valence-electron chi connectivity index (χ3n) is 9.09. The molecule has 0 saturated carbocycles. The Balaban J connectivity index is 1.35. The fourth-order valence-corrected chi connectivity index (χ4v) is 8.50. The van der Waals surface area contributed by atoms with E-state index in [4.69, 9.17) is 0 Å². The van der Waals surface area contributed by atoms with Crippen LogP contribution in [0.3, 0.4) is 0 Å². The quantitative estimate of drug-likeness (QED) is 0.216. The minimum Gasteiger partial charge on any atom is -0.354 e. The average Bonchev–Trinajstić information content (AvgIpc) is 3.74. The Kier molecular flexibility index (Phi) is 4.63. The molecule has 3 heterocycles. The molecule has 3 heteroatoms. The first-order valence-electron chi connectivity index (χ1n) is 14.7. The van der Waals surface area contributed by atoms with Crippen LogP contribution < -0.4 is 0 Å². The van der Waals surface area contributed by atoms with Crippen molar-refractivity contribution in [3.05, 3.63) is 140 Å². The molecule has 0 fully saturated rings. The maximum absolute atomic E-state index is 3.83. The number of aromatic nitrogens is 2. The molecule has 0 aliphatic carbocycles. The molecule has 0 radical (unpaired) electrons. The maximum Gasteiger partial charge on any atom is 0.0565 e. The molecule has 0 atom stereocenters. The Hall–Kier alpha value is -5.38. The van der Waals surface area contributed by atoms with Crippen LogP contribution in [0.15, 0.2) is 140 Å². The van der Waals surface area contributed by atoms with Gasteiger partial charge in [-0.3, -0.25) is 0 Å². The molecule has 0 spiro atoms. The number of nitrogens with one attached hydrogen (secondary N) is 1. The minimum absolute atomic E-state index is 1.18. The Bertz CT molecular complexity index is 2720. The molecule has 10 rings (SSSR count). The van der Waals surface area contributed by atoms with Gasteiger partial charge in [0.1, 0.15) is 0 Å². The van der Waals surface area contributed by atoms with E-state index in [1.807, 2.05) is 11.3 Å². The summed E-state index contributed by atoms with van der Waals surface area (Å²) in [6, 6.07) is 50.9. The number of thiophene rings is 1. The lowest BCUT2D eigenvalue weighted by Crippen LogP contribution is -1.94. The zero-order valence-electron chi connectivity index (χ0n) is 23.1. The summed E-state index contributed by atoms with van der Waals surface area (Å²) in [5.41, 5.74) is 8.51.